The van der Waals surface area contributed by atoms with Crippen LogP contribution in [0.25, 0.3) is 11.0 Å². The van der Waals surface area contributed by atoms with Gasteiger partial charge in [-0.2, -0.15) is 13.1 Å². The molecule has 0 saturated heterocycles. The first kappa shape index (κ1) is 12.9. The van der Waals surface area contributed by atoms with Gasteiger partial charge in [0.1, 0.15) is 11.8 Å². The fourth-order valence-corrected chi connectivity index (χ4v) is 2.68. The van der Waals surface area contributed by atoms with Gasteiger partial charge in [-0.1, -0.05) is 31.9 Å². The lowest BCUT2D eigenvalue weighted by Gasteiger charge is -2.06. The van der Waals surface area contributed by atoms with Crippen LogP contribution in [0, 0.1) is 0 Å². The third-order valence-electron chi connectivity index (χ3n) is 2.61. The molecule has 6 heteroatoms. The topological polar surface area (TPSA) is 61.2 Å². The molecule has 0 aliphatic heterocycles. The quantitative estimate of drug-likeness (QED) is 0.752. The number of hydrogen-bond donors (Lipinski definition) is 0. The van der Waals surface area contributed by atoms with E-state index in [1.807, 2.05) is 19.1 Å². The second kappa shape index (κ2) is 5.39. The van der Waals surface area contributed by atoms with Gasteiger partial charge in [-0.05, 0) is 18.6 Å². The first-order chi connectivity index (χ1) is 8.62. The smallest absolute Gasteiger partial charge is 0.286 e. The predicted octanol–water partition coefficient (Wildman–Crippen LogP) is 1.98. The maximum Gasteiger partial charge on any atom is 0.327 e. The number of nitrogens with zero attached hydrogens (tertiary/aromatic N) is 2. The van der Waals surface area contributed by atoms with Gasteiger partial charge in [-0.25, -0.2) is 4.98 Å². The third-order valence-corrected chi connectivity index (χ3v) is 3.79. The van der Waals surface area contributed by atoms with Crippen LogP contribution >= 0.6 is 0 Å². The molecule has 0 aliphatic carbocycles. The van der Waals surface area contributed by atoms with Crippen LogP contribution in [0.15, 0.2) is 30.6 Å². The molecule has 0 aliphatic rings. The monoisotopic (exact) mass is 268 g/mol. The molecule has 0 N–H and O–H groups in total. The second-order valence-corrected chi connectivity index (χ2v) is 5.78. The zero-order valence-corrected chi connectivity index (χ0v) is 11.1. The van der Waals surface area contributed by atoms with Crippen molar-refractivity contribution in [1.82, 2.24) is 9.71 Å². The Morgan fingerprint density at radius 3 is 2.83 bits per heavy atom. The summed E-state index contributed by atoms with van der Waals surface area (Å²) in [5.41, 5.74) is 1.36. The standard InChI is InChI=1S/C12H16N2O3S/c1-2-3-6-9-18(15,16)17-14-10-13-11-7-4-5-8-12(11)14/h4-5,7-8,10H,2-3,6,9H2,1H3. The highest BCUT2D eigenvalue weighted by Gasteiger charge is 2.14. The highest BCUT2D eigenvalue weighted by Crippen LogP contribution is 2.11. The number of unbranched alkanes of at least 4 members (excludes halogenated alkanes) is 2. The number of imidazole rings is 1. The fourth-order valence-electron chi connectivity index (χ4n) is 1.68. The van der Waals surface area contributed by atoms with Gasteiger partial charge in [0.05, 0.1) is 11.3 Å². The molecule has 0 amide bonds. The van der Waals surface area contributed by atoms with Crippen molar-refractivity contribution in [3.63, 3.8) is 0 Å². The maximum atomic E-state index is 11.7. The van der Waals surface area contributed by atoms with Crippen molar-refractivity contribution < 1.29 is 12.7 Å². The summed E-state index contributed by atoms with van der Waals surface area (Å²) >= 11 is 0. The lowest BCUT2D eigenvalue weighted by Crippen LogP contribution is -2.22. The molecule has 1 heterocycles. The van der Waals surface area contributed by atoms with Crippen LogP contribution in [0.2, 0.25) is 0 Å². The molecule has 0 atom stereocenters. The van der Waals surface area contributed by atoms with E-state index in [1.165, 1.54) is 11.1 Å². The van der Waals surface area contributed by atoms with Gasteiger partial charge >= 0.3 is 10.1 Å². The van der Waals surface area contributed by atoms with Gasteiger partial charge in [-0.15, -0.1) is 0 Å². The van der Waals surface area contributed by atoms with Crippen LogP contribution < -0.4 is 4.28 Å². The summed E-state index contributed by atoms with van der Waals surface area (Å²) in [6.07, 6.45) is 3.85. The Bertz CT molecular complexity index is 619. The van der Waals surface area contributed by atoms with Crippen molar-refractivity contribution in [3.05, 3.63) is 30.6 Å². The zero-order valence-electron chi connectivity index (χ0n) is 10.2. The van der Waals surface area contributed by atoms with E-state index in [4.69, 9.17) is 4.28 Å². The minimum atomic E-state index is -3.55. The molecule has 1 aromatic heterocycles. The van der Waals surface area contributed by atoms with Gasteiger partial charge in [0.2, 0.25) is 0 Å². The number of hydrogen-bond acceptors (Lipinski definition) is 4. The zero-order chi connectivity index (χ0) is 13.0. The third kappa shape index (κ3) is 3.01. The molecule has 0 radical (unpaired) electrons. The van der Waals surface area contributed by atoms with E-state index >= 15 is 0 Å². The largest absolute Gasteiger partial charge is 0.327 e. The summed E-state index contributed by atoms with van der Waals surface area (Å²) in [6, 6.07) is 7.23. The van der Waals surface area contributed by atoms with E-state index in [-0.39, 0.29) is 5.75 Å². The SMILES string of the molecule is CCCCCS(=O)(=O)On1cnc2ccccc21. The number of fused-ring (bicyclic) bond motifs is 1. The Kier molecular flexibility index (Phi) is 3.86. The molecular formula is C12H16N2O3S. The van der Waals surface area contributed by atoms with Crippen molar-refractivity contribution in [3.8, 4) is 0 Å². The van der Waals surface area contributed by atoms with Crippen LogP contribution in [-0.4, -0.2) is 23.9 Å². The van der Waals surface area contributed by atoms with E-state index in [9.17, 15) is 8.42 Å². The van der Waals surface area contributed by atoms with E-state index in [0.29, 0.717) is 17.5 Å². The van der Waals surface area contributed by atoms with Crippen LogP contribution in [0.4, 0.5) is 0 Å². The normalized spacial score (nSPS) is 11.8. The van der Waals surface area contributed by atoms with Gasteiger partial charge in [0, 0.05) is 0 Å². The molecule has 0 fully saturated rings. The number of benzene rings is 1. The van der Waals surface area contributed by atoms with Gasteiger partial charge in [0.15, 0.2) is 0 Å². The number of aromatic nitrogens is 2. The summed E-state index contributed by atoms with van der Waals surface area (Å²) in [6.45, 7) is 2.02. The minimum absolute atomic E-state index is 0.0351. The lowest BCUT2D eigenvalue weighted by atomic mass is 10.3. The summed E-state index contributed by atoms with van der Waals surface area (Å²) in [5.74, 6) is 0.0351. The van der Waals surface area contributed by atoms with E-state index in [0.717, 1.165) is 12.8 Å². The Labute approximate surface area is 106 Å². The van der Waals surface area contributed by atoms with Crippen molar-refractivity contribution in [2.45, 2.75) is 26.2 Å². The van der Waals surface area contributed by atoms with Crippen molar-refractivity contribution in [1.29, 1.82) is 0 Å². The summed E-state index contributed by atoms with van der Waals surface area (Å²) in [4.78, 5) is 4.07. The average Bonchev–Trinajstić information content (AvgIpc) is 2.72. The Hall–Kier alpha value is -1.56. The molecule has 1 aromatic carbocycles. The fraction of sp³-hybridized carbons (Fsp3) is 0.417. The number of rotatable bonds is 6. The van der Waals surface area contributed by atoms with Gasteiger partial charge < -0.3 is 0 Å². The van der Waals surface area contributed by atoms with Crippen molar-refractivity contribution in [2.75, 3.05) is 5.75 Å². The van der Waals surface area contributed by atoms with Crippen LogP contribution in [-0.2, 0) is 10.1 Å². The summed E-state index contributed by atoms with van der Waals surface area (Å²) in [7, 11) is -3.55. The first-order valence-corrected chi connectivity index (χ1v) is 7.55. The van der Waals surface area contributed by atoms with Crippen LogP contribution in [0.3, 0.4) is 0 Å². The lowest BCUT2D eigenvalue weighted by molar-refractivity contribution is 0.290. The van der Waals surface area contributed by atoms with Crippen LogP contribution in [0.5, 0.6) is 0 Å². The molecule has 18 heavy (non-hydrogen) atoms. The Morgan fingerprint density at radius 2 is 2.06 bits per heavy atom. The summed E-state index contributed by atoms with van der Waals surface area (Å²) < 4.78 is 29.7. The van der Waals surface area contributed by atoms with Gasteiger partial charge in [-0.3, -0.25) is 4.28 Å². The molecule has 0 spiro atoms. The number of para-hydroxylation sites is 2. The van der Waals surface area contributed by atoms with E-state index in [2.05, 4.69) is 4.98 Å². The average molecular weight is 268 g/mol. The van der Waals surface area contributed by atoms with Crippen molar-refractivity contribution in [2.24, 2.45) is 0 Å². The maximum absolute atomic E-state index is 11.7. The molecule has 0 unspecified atom stereocenters. The predicted molar refractivity (Wildman–Crippen MR) is 69.6 cm³/mol. The molecular weight excluding hydrogens is 252 g/mol. The molecule has 5 nitrogen and oxygen atoms in total. The van der Waals surface area contributed by atoms with Crippen LogP contribution in [0.1, 0.15) is 26.2 Å². The molecule has 2 aromatic rings. The van der Waals surface area contributed by atoms with Crippen molar-refractivity contribution >= 4 is 21.2 Å². The second-order valence-electron chi connectivity index (χ2n) is 4.10. The van der Waals surface area contributed by atoms with E-state index in [1.54, 1.807) is 12.1 Å². The first-order valence-electron chi connectivity index (χ1n) is 5.97. The van der Waals surface area contributed by atoms with E-state index < -0.39 is 10.1 Å². The molecule has 98 valence electrons. The molecule has 0 bridgehead atoms. The molecule has 2 rings (SSSR count). The summed E-state index contributed by atoms with van der Waals surface area (Å²) in [5, 5.41) is 0. The Balaban J connectivity index is 2.13. The highest BCUT2D eigenvalue weighted by atomic mass is 32.2. The Morgan fingerprint density at radius 1 is 1.28 bits per heavy atom. The highest BCUT2D eigenvalue weighted by molar-refractivity contribution is 7.86. The van der Waals surface area contributed by atoms with Gasteiger partial charge in [0.25, 0.3) is 0 Å². The molecule has 0 saturated carbocycles. The minimum Gasteiger partial charge on any atom is -0.286 e.